The maximum absolute atomic E-state index is 15.0. The zero-order valence-corrected chi connectivity index (χ0v) is 21.2. The van der Waals surface area contributed by atoms with Crippen LogP contribution < -0.4 is 4.90 Å². The van der Waals surface area contributed by atoms with Crippen LogP contribution in [0, 0.1) is 18.6 Å². The van der Waals surface area contributed by atoms with Crippen molar-refractivity contribution >= 4 is 17.1 Å². The minimum atomic E-state index is -0.705. The molecule has 1 aliphatic heterocycles. The van der Waals surface area contributed by atoms with Gasteiger partial charge in [0.15, 0.2) is 5.65 Å². The van der Waals surface area contributed by atoms with Crippen LogP contribution in [0.15, 0.2) is 30.6 Å². The molecule has 2 fully saturated rings. The molecule has 1 aliphatic carbocycles. The van der Waals surface area contributed by atoms with E-state index in [0.717, 1.165) is 48.7 Å². The van der Waals surface area contributed by atoms with E-state index in [2.05, 4.69) is 18.2 Å². The molecule has 1 aromatic carbocycles. The van der Waals surface area contributed by atoms with Crippen molar-refractivity contribution in [2.24, 2.45) is 0 Å². The van der Waals surface area contributed by atoms with Crippen LogP contribution in [0.1, 0.15) is 62.2 Å². The van der Waals surface area contributed by atoms with Crippen LogP contribution in [-0.4, -0.2) is 48.9 Å². The number of ether oxygens (including phenoxy) is 1. The smallest absolute Gasteiger partial charge is 0.228 e. The molecule has 37 heavy (non-hydrogen) atoms. The first-order chi connectivity index (χ1) is 17.9. The molecule has 192 valence electrons. The minimum absolute atomic E-state index is 0.0897. The van der Waals surface area contributed by atoms with E-state index in [1.54, 1.807) is 0 Å². The third kappa shape index (κ3) is 4.66. The number of anilines is 1. The van der Waals surface area contributed by atoms with Crippen molar-refractivity contribution in [2.75, 3.05) is 18.0 Å². The largest absolute Gasteiger partial charge is 0.367 e. The van der Waals surface area contributed by atoms with Gasteiger partial charge in [0.05, 0.1) is 36.3 Å². The van der Waals surface area contributed by atoms with E-state index < -0.39 is 11.6 Å². The molecule has 0 N–H and O–H groups in total. The lowest BCUT2D eigenvalue weighted by Crippen LogP contribution is -2.43. The molecular formula is C27H29F2N7O. The second-order valence-corrected chi connectivity index (χ2v) is 10.00. The van der Waals surface area contributed by atoms with E-state index in [0.29, 0.717) is 41.9 Å². The molecule has 0 unspecified atom stereocenters. The van der Waals surface area contributed by atoms with Crippen molar-refractivity contribution in [2.45, 2.75) is 64.7 Å². The number of nitrogens with zero attached hydrogens (tertiary/aromatic N) is 7. The molecular weight excluding hydrogens is 476 g/mol. The summed E-state index contributed by atoms with van der Waals surface area (Å²) >= 11 is 0. The van der Waals surface area contributed by atoms with Crippen LogP contribution in [0.3, 0.4) is 0 Å². The van der Waals surface area contributed by atoms with Crippen LogP contribution in [0.4, 0.5) is 14.7 Å². The molecule has 8 nitrogen and oxygen atoms in total. The highest BCUT2D eigenvalue weighted by atomic mass is 19.1. The van der Waals surface area contributed by atoms with Crippen LogP contribution in [0.5, 0.6) is 0 Å². The highest BCUT2D eigenvalue weighted by Crippen LogP contribution is 2.36. The Labute approximate surface area is 213 Å². The monoisotopic (exact) mass is 505 g/mol. The molecule has 4 aromatic rings. The Bertz CT molecular complexity index is 1470. The first kappa shape index (κ1) is 23.8. The van der Waals surface area contributed by atoms with Crippen LogP contribution >= 0.6 is 0 Å². The summed E-state index contributed by atoms with van der Waals surface area (Å²) in [5.74, 6) is -0.936. The fraction of sp³-hybridized carbons (Fsp3) is 0.444. The number of benzene rings is 1. The topological polar surface area (TPSA) is 81.9 Å². The number of hydrogen-bond donors (Lipinski definition) is 0. The quantitative estimate of drug-likeness (QED) is 0.360. The molecule has 6 rings (SSSR count). The summed E-state index contributed by atoms with van der Waals surface area (Å²) in [6.07, 6.45) is 7.61. The van der Waals surface area contributed by atoms with Crippen LogP contribution in [0.25, 0.3) is 22.4 Å². The summed E-state index contributed by atoms with van der Waals surface area (Å²) in [4.78, 5) is 21.1. The number of halogens is 2. The van der Waals surface area contributed by atoms with Gasteiger partial charge in [-0.1, -0.05) is 13.3 Å². The summed E-state index contributed by atoms with van der Waals surface area (Å²) in [5, 5.41) is 4.52. The van der Waals surface area contributed by atoms with E-state index >= 15 is 0 Å². The Morgan fingerprint density at radius 3 is 2.68 bits per heavy atom. The van der Waals surface area contributed by atoms with Gasteiger partial charge in [-0.25, -0.2) is 23.7 Å². The molecule has 0 bridgehead atoms. The summed E-state index contributed by atoms with van der Waals surface area (Å²) in [6, 6.07) is 3.97. The van der Waals surface area contributed by atoms with E-state index in [1.807, 2.05) is 29.6 Å². The van der Waals surface area contributed by atoms with Crippen molar-refractivity contribution in [3.63, 3.8) is 0 Å². The minimum Gasteiger partial charge on any atom is -0.367 e. The fourth-order valence-corrected chi connectivity index (χ4v) is 4.89. The second-order valence-electron chi connectivity index (χ2n) is 10.00. The summed E-state index contributed by atoms with van der Waals surface area (Å²) < 4.78 is 37.0. The maximum atomic E-state index is 15.0. The molecule has 3 aromatic heterocycles. The van der Waals surface area contributed by atoms with Gasteiger partial charge >= 0.3 is 0 Å². The predicted octanol–water partition coefficient (Wildman–Crippen LogP) is 5.12. The third-order valence-corrected chi connectivity index (χ3v) is 6.92. The van der Waals surface area contributed by atoms with Gasteiger partial charge in [-0.3, -0.25) is 4.68 Å². The van der Waals surface area contributed by atoms with Gasteiger partial charge < -0.3 is 9.64 Å². The number of fused-ring (bicyclic) bond motifs is 1. The molecule has 0 spiro atoms. The van der Waals surface area contributed by atoms with Gasteiger partial charge in [0, 0.05) is 29.9 Å². The average Bonchev–Trinajstić information content (AvgIpc) is 3.60. The first-order valence-electron chi connectivity index (χ1n) is 12.8. The van der Waals surface area contributed by atoms with Gasteiger partial charge in [-0.15, -0.1) is 0 Å². The molecule has 1 saturated heterocycles. The van der Waals surface area contributed by atoms with Crippen LogP contribution in [0.2, 0.25) is 0 Å². The SMILES string of the molecule is CCCc1nc2nc(N3C[C@H](C)O[C@@H](c4cnn(C5CC5)c4)C3)nc(-c3ccc(F)cc3F)c2nc1C. The van der Waals surface area contributed by atoms with Crippen LogP contribution in [-0.2, 0) is 11.2 Å². The molecule has 1 saturated carbocycles. The highest BCUT2D eigenvalue weighted by molar-refractivity contribution is 5.88. The maximum Gasteiger partial charge on any atom is 0.228 e. The van der Waals surface area contributed by atoms with Crippen molar-refractivity contribution in [3.05, 3.63) is 59.2 Å². The molecule has 0 amide bonds. The Balaban J connectivity index is 1.44. The lowest BCUT2D eigenvalue weighted by molar-refractivity contribution is -0.0178. The molecule has 4 heterocycles. The van der Waals surface area contributed by atoms with E-state index in [4.69, 9.17) is 24.7 Å². The predicted molar refractivity (Wildman–Crippen MR) is 135 cm³/mol. The summed E-state index contributed by atoms with van der Waals surface area (Å²) in [5.41, 5.74) is 3.87. The van der Waals surface area contributed by atoms with E-state index in [1.165, 1.54) is 12.1 Å². The zero-order valence-electron chi connectivity index (χ0n) is 21.2. The number of rotatable bonds is 6. The van der Waals surface area contributed by atoms with E-state index in [9.17, 15) is 8.78 Å². The lowest BCUT2D eigenvalue weighted by atomic mass is 10.1. The van der Waals surface area contributed by atoms with Gasteiger partial charge in [-0.05, 0) is 45.2 Å². The molecule has 10 heteroatoms. The molecule has 0 radical (unpaired) electrons. The van der Waals surface area contributed by atoms with Crippen molar-refractivity contribution in [1.29, 1.82) is 0 Å². The number of aromatic nitrogens is 6. The van der Waals surface area contributed by atoms with Gasteiger partial charge in [0.2, 0.25) is 5.95 Å². The van der Waals surface area contributed by atoms with Gasteiger partial charge in [0.25, 0.3) is 0 Å². The Morgan fingerprint density at radius 1 is 1.08 bits per heavy atom. The fourth-order valence-electron chi connectivity index (χ4n) is 4.89. The lowest BCUT2D eigenvalue weighted by Gasteiger charge is -2.36. The first-order valence-corrected chi connectivity index (χ1v) is 12.8. The average molecular weight is 506 g/mol. The number of aryl methyl sites for hydroxylation is 2. The molecule has 2 atom stereocenters. The molecule has 2 aliphatic rings. The normalized spacial score (nSPS) is 20.1. The number of morpholine rings is 1. The Morgan fingerprint density at radius 2 is 1.92 bits per heavy atom. The Hall–Kier alpha value is -3.53. The van der Waals surface area contributed by atoms with Crippen molar-refractivity contribution in [3.8, 4) is 11.3 Å². The standard InChI is InChI=1S/C27H29F2N7O/c1-4-5-22-16(3)31-25-24(20-9-6-18(28)10-21(20)29)33-27(34-26(25)32-22)35-12-15(2)37-23(14-35)17-11-30-36(13-17)19-7-8-19/h6,9-11,13,15,19,23H,4-5,7-8,12,14H2,1-3H3/t15-,23+/m0/s1. The third-order valence-electron chi connectivity index (χ3n) is 6.92. The van der Waals surface area contributed by atoms with Gasteiger partial charge in [0.1, 0.15) is 28.9 Å². The zero-order chi connectivity index (χ0) is 25.7. The van der Waals surface area contributed by atoms with Gasteiger partial charge in [-0.2, -0.15) is 10.1 Å². The summed E-state index contributed by atoms with van der Waals surface area (Å²) in [7, 11) is 0. The number of hydrogen-bond acceptors (Lipinski definition) is 7. The van der Waals surface area contributed by atoms with Crippen molar-refractivity contribution in [1.82, 2.24) is 29.7 Å². The summed E-state index contributed by atoms with van der Waals surface area (Å²) in [6.45, 7) is 7.04. The van der Waals surface area contributed by atoms with Crippen molar-refractivity contribution < 1.29 is 13.5 Å². The highest BCUT2D eigenvalue weighted by Gasteiger charge is 2.32. The second kappa shape index (κ2) is 9.41. The van der Waals surface area contributed by atoms with E-state index in [-0.39, 0.29) is 17.8 Å². The Kier molecular flexibility index (Phi) is 6.06.